The van der Waals surface area contributed by atoms with Gasteiger partial charge in [0.2, 0.25) is 5.91 Å². The maximum atomic E-state index is 11.4. The van der Waals surface area contributed by atoms with Gasteiger partial charge in [-0.1, -0.05) is 0 Å². The minimum atomic E-state index is 0.0455. The van der Waals surface area contributed by atoms with Crippen molar-refractivity contribution < 1.29 is 14.0 Å². The largest absolute Gasteiger partial charge is 0.493 e. The quantitative estimate of drug-likeness (QED) is 0.769. The molecule has 3 saturated heterocycles. The zero-order valence-corrected chi connectivity index (χ0v) is 14.1. The summed E-state index contributed by atoms with van der Waals surface area (Å²) in [6, 6.07) is 8.42. The van der Waals surface area contributed by atoms with Gasteiger partial charge in [0.05, 0.1) is 32.7 Å². The van der Waals surface area contributed by atoms with Crippen LogP contribution in [-0.2, 0) is 11.3 Å². The predicted molar refractivity (Wildman–Crippen MR) is 90.2 cm³/mol. The third-order valence-corrected chi connectivity index (χ3v) is 5.08. The summed E-state index contributed by atoms with van der Waals surface area (Å²) in [6.45, 7) is 11.8. The van der Waals surface area contributed by atoms with Gasteiger partial charge in [-0.3, -0.25) is 9.69 Å². The van der Waals surface area contributed by atoms with Crippen LogP contribution in [0.1, 0.15) is 18.9 Å². The molecule has 3 aliphatic heterocycles. The fourth-order valence-corrected chi connectivity index (χ4v) is 3.59. The molecule has 2 bridgehead atoms. The Kier molecular flexibility index (Phi) is 5.18. The molecule has 5 heteroatoms. The Labute approximate surface area is 138 Å². The summed E-state index contributed by atoms with van der Waals surface area (Å²) < 4.78 is 6.90. The van der Waals surface area contributed by atoms with Gasteiger partial charge in [-0.2, -0.15) is 0 Å². The molecule has 1 aromatic carbocycles. The number of benzene rings is 1. The minimum absolute atomic E-state index is 0.0455. The van der Waals surface area contributed by atoms with E-state index in [4.69, 9.17) is 4.74 Å². The van der Waals surface area contributed by atoms with E-state index in [1.54, 1.807) is 0 Å². The average Bonchev–Trinajstić information content (AvgIpc) is 2.58. The van der Waals surface area contributed by atoms with Crippen LogP contribution in [0, 0.1) is 0 Å². The number of carbonyl (C=O) groups excluding carboxylic acids is 1. The van der Waals surface area contributed by atoms with Gasteiger partial charge in [0, 0.05) is 31.7 Å². The average molecular weight is 318 g/mol. The Hall–Kier alpha value is -1.59. The molecule has 126 valence electrons. The highest BCUT2D eigenvalue weighted by atomic mass is 16.5. The second-order valence-corrected chi connectivity index (χ2v) is 6.71. The molecule has 0 aliphatic carbocycles. The Bertz CT molecular complexity index is 508. The SMILES string of the molecule is CCNC(=O)CCOc1ccc(C[N+]23CCN(CC2)CC3)cc1. The third-order valence-electron chi connectivity index (χ3n) is 5.08. The Morgan fingerprint density at radius 1 is 1.17 bits per heavy atom. The molecule has 0 radical (unpaired) electrons. The number of nitrogens with one attached hydrogen (secondary N) is 1. The van der Waals surface area contributed by atoms with E-state index in [0.717, 1.165) is 12.3 Å². The molecule has 1 amide bonds. The first-order chi connectivity index (χ1) is 11.2. The number of carbonyl (C=O) groups is 1. The summed E-state index contributed by atoms with van der Waals surface area (Å²) >= 11 is 0. The fraction of sp³-hybridized carbons (Fsp3) is 0.611. The smallest absolute Gasteiger partial charge is 0.223 e. The van der Waals surface area contributed by atoms with Gasteiger partial charge in [0.25, 0.3) is 0 Å². The lowest BCUT2D eigenvalue weighted by molar-refractivity contribution is -0.953. The van der Waals surface area contributed by atoms with Crippen LogP contribution >= 0.6 is 0 Å². The zero-order valence-electron chi connectivity index (χ0n) is 14.1. The van der Waals surface area contributed by atoms with Crippen molar-refractivity contribution in [2.45, 2.75) is 19.9 Å². The van der Waals surface area contributed by atoms with Crippen LogP contribution in [0.4, 0.5) is 0 Å². The maximum Gasteiger partial charge on any atom is 0.223 e. The van der Waals surface area contributed by atoms with Gasteiger partial charge in [0.1, 0.15) is 12.3 Å². The standard InChI is InChI=1S/C18H27N3O2/c1-2-19-18(22)7-14-23-17-5-3-16(4-6-17)15-21-11-8-20(9-12-21)10-13-21/h3-6H,2,7-15H2,1H3/p+1. The van der Waals surface area contributed by atoms with Crippen LogP contribution in [0.15, 0.2) is 24.3 Å². The molecular weight excluding hydrogens is 290 g/mol. The zero-order chi connectivity index (χ0) is 16.1. The first-order valence-corrected chi connectivity index (χ1v) is 8.75. The topological polar surface area (TPSA) is 41.6 Å². The molecule has 1 N–H and O–H groups in total. The lowest BCUT2D eigenvalue weighted by Crippen LogP contribution is -2.66. The number of ether oxygens (including phenoxy) is 1. The van der Waals surface area contributed by atoms with Gasteiger partial charge in [-0.25, -0.2) is 0 Å². The highest BCUT2D eigenvalue weighted by Crippen LogP contribution is 2.24. The first-order valence-electron chi connectivity index (χ1n) is 8.75. The van der Waals surface area contributed by atoms with Crippen LogP contribution in [0.2, 0.25) is 0 Å². The van der Waals surface area contributed by atoms with Crippen LogP contribution in [-0.4, -0.2) is 67.7 Å². The predicted octanol–water partition coefficient (Wildman–Crippen LogP) is 1.24. The summed E-state index contributed by atoms with van der Waals surface area (Å²) in [7, 11) is 0. The normalized spacial score (nSPS) is 26.0. The van der Waals surface area contributed by atoms with Gasteiger partial charge in [-0.15, -0.1) is 0 Å². The second kappa shape index (κ2) is 7.32. The monoisotopic (exact) mass is 318 g/mol. The molecule has 23 heavy (non-hydrogen) atoms. The van der Waals surface area contributed by atoms with Gasteiger partial charge >= 0.3 is 0 Å². The molecule has 3 aliphatic rings. The van der Waals surface area contributed by atoms with Crippen molar-refractivity contribution in [3.05, 3.63) is 29.8 Å². The van der Waals surface area contributed by atoms with Crippen molar-refractivity contribution in [3.63, 3.8) is 0 Å². The van der Waals surface area contributed by atoms with Crippen molar-refractivity contribution in [3.8, 4) is 5.75 Å². The van der Waals surface area contributed by atoms with Gasteiger partial charge < -0.3 is 14.5 Å². The Balaban J connectivity index is 1.48. The van der Waals surface area contributed by atoms with Crippen LogP contribution in [0.3, 0.4) is 0 Å². The van der Waals surface area contributed by atoms with E-state index in [0.29, 0.717) is 19.6 Å². The number of amides is 1. The summed E-state index contributed by atoms with van der Waals surface area (Å²) in [4.78, 5) is 14.0. The molecule has 3 heterocycles. The van der Waals surface area contributed by atoms with E-state index >= 15 is 0 Å². The van der Waals surface area contributed by atoms with Crippen molar-refractivity contribution in [1.29, 1.82) is 0 Å². The molecule has 4 rings (SSSR count). The number of hydrogen-bond acceptors (Lipinski definition) is 3. The number of piperazine rings is 3. The van der Waals surface area contributed by atoms with Crippen LogP contribution in [0.5, 0.6) is 5.75 Å². The van der Waals surface area contributed by atoms with Crippen molar-refractivity contribution in [2.75, 3.05) is 52.4 Å². The van der Waals surface area contributed by atoms with Crippen molar-refractivity contribution in [1.82, 2.24) is 10.2 Å². The fourth-order valence-electron chi connectivity index (χ4n) is 3.59. The lowest BCUT2D eigenvalue weighted by Gasteiger charge is -2.50. The van der Waals surface area contributed by atoms with Gasteiger partial charge in [0.15, 0.2) is 0 Å². The number of rotatable bonds is 7. The van der Waals surface area contributed by atoms with E-state index in [2.05, 4.69) is 22.3 Å². The van der Waals surface area contributed by atoms with Crippen molar-refractivity contribution >= 4 is 5.91 Å². The Morgan fingerprint density at radius 2 is 1.83 bits per heavy atom. The van der Waals surface area contributed by atoms with E-state index in [-0.39, 0.29) is 5.91 Å². The van der Waals surface area contributed by atoms with Gasteiger partial charge in [-0.05, 0) is 31.2 Å². The van der Waals surface area contributed by atoms with Crippen LogP contribution < -0.4 is 10.1 Å². The molecule has 1 aromatic rings. The molecule has 3 fully saturated rings. The van der Waals surface area contributed by atoms with E-state index in [9.17, 15) is 4.79 Å². The number of nitrogens with zero attached hydrogens (tertiary/aromatic N) is 2. The van der Waals surface area contributed by atoms with Crippen molar-refractivity contribution in [2.24, 2.45) is 0 Å². The molecule has 5 nitrogen and oxygen atoms in total. The summed E-state index contributed by atoms with van der Waals surface area (Å²) in [6.07, 6.45) is 0.409. The first kappa shape index (κ1) is 16.3. The third kappa shape index (κ3) is 4.24. The molecule has 0 unspecified atom stereocenters. The Morgan fingerprint density at radius 3 is 2.43 bits per heavy atom. The van der Waals surface area contributed by atoms with Crippen LogP contribution in [0.25, 0.3) is 0 Å². The highest BCUT2D eigenvalue weighted by Gasteiger charge is 2.38. The number of fused-ring (bicyclic) bond motifs is 3. The molecular formula is C18H28N3O2+. The van der Waals surface area contributed by atoms with E-state index in [1.165, 1.54) is 49.3 Å². The van der Waals surface area contributed by atoms with E-state index in [1.807, 2.05) is 19.1 Å². The minimum Gasteiger partial charge on any atom is -0.493 e. The summed E-state index contributed by atoms with van der Waals surface area (Å²) in [5, 5.41) is 2.78. The summed E-state index contributed by atoms with van der Waals surface area (Å²) in [5.41, 5.74) is 1.39. The molecule has 0 saturated carbocycles. The second-order valence-electron chi connectivity index (χ2n) is 6.71. The molecule has 0 aromatic heterocycles. The highest BCUT2D eigenvalue weighted by molar-refractivity contribution is 5.75. The van der Waals surface area contributed by atoms with E-state index < -0.39 is 0 Å². The molecule has 0 atom stereocenters. The number of quaternary nitrogens is 1. The maximum absolute atomic E-state index is 11.4. The summed E-state index contributed by atoms with van der Waals surface area (Å²) in [5.74, 6) is 0.894. The lowest BCUT2D eigenvalue weighted by atomic mass is 10.1. The number of hydrogen-bond donors (Lipinski definition) is 1. The molecule has 0 spiro atoms.